The minimum atomic E-state index is -0.959. The molecular formula is C11H6N2O3S2. The molecule has 1 aromatic rings. The Morgan fingerprint density at radius 1 is 1.44 bits per heavy atom. The summed E-state index contributed by atoms with van der Waals surface area (Å²) in [5.41, 5.74) is 1.54. The van der Waals surface area contributed by atoms with E-state index in [2.05, 4.69) is 9.98 Å². The van der Waals surface area contributed by atoms with Gasteiger partial charge in [-0.1, -0.05) is 11.8 Å². The van der Waals surface area contributed by atoms with Gasteiger partial charge in [-0.15, -0.1) is 11.3 Å². The highest BCUT2D eigenvalue weighted by molar-refractivity contribution is 8.17. The topological polar surface area (TPSA) is 79.1 Å². The van der Waals surface area contributed by atoms with Gasteiger partial charge in [0.15, 0.2) is 0 Å². The Kier molecular flexibility index (Phi) is 2.64. The highest BCUT2D eigenvalue weighted by Gasteiger charge is 2.35. The number of carbonyl (C=O) groups excluding carboxylic acids is 1. The number of thioether (sulfide) groups is 1. The van der Waals surface area contributed by atoms with Crippen molar-refractivity contribution in [3.63, 3.8) is 0 Å². The number of amides is 1. The number of carboxylic acids is 1. The molecule has 0 saturated heterocycles. The first-order chi connectivity index (χ1) is 8.66. The molecule has 0 fully saturated rings. The molecule has 18 heavy (non-hydrogen) atoms. The fourth-order valence-corrected chi connectivity index (χ4v) is 3.53. The molecule has 2 aliphatic rings. The number of nitrogens with zero attached hydrogens (tertiary/aromatic N) is 2. The van der Waals surface area contributed by atoms with Crippen LogP contribution >= 0.6 is 23.1 Å². The van der Waals surface area contributed by atoms with E-state index in [0.29, 0.717) is 5.04 Å². The van der Waals surface area contributed by atoms with Gasteiger partial charge in [0.05, 0.1) is 5.04 Å². The van der Waals surface area contributed by atoms with Crippen molar-refractivity contribution in [1.82, 2.24) is 0 Å². The molecule has 1 atom stereocenters. The zero-order valence-electron chi connectivity index (χ0n) is 8.86. The number of rotatable bonds is 2. The van der Waals surface area contributed by atoms with E-state index in [0.717, 1.165) is 22.5 Å². The normalized spacial score (nSPS) is 21.6. The van der Waals surface area contributed by atoms with Crippen molar-refractivity contribution in [2.45, 2.75) is 0 Å². The van der Waals surface area contributed by atoms with E-state index in [1.54, 1.807) is 11.4 Å². The Bertz CT molecular complexity index is 642. The molecule has 0 bridgehead atoms. The average Bonchev–Trinajstić information content (AvgIpc) is 2.94. The Labute approximate surface area is 110 Å². The van der Waals surface area contributed by atoms with Gasteiger partial charge in [-0.25, -0.2) is 14.8 Å². The maximum absolute atomic E-state index is 11.8. The lowest BCUT2D eigenvalue weighted by Gasteiger charge is -2.12. The summed E-state index contributed by atoms with van der Waals surface area (Å²) in [4.78, 5) is 30.6. The third kappa shape index (κ3) is 1.72. The molecule has 7 heteroatoms. The number of aliphatic imine (C=N–C) groups is 2. The van der Waals surface area contributed by atoms with E-state index in [1.807, 2.05) is 5.41 Å². The largest absolute Gasteiger partial charge is 0.477 e. The quantitative estimate of drug-likeness (QED) is 0.898. The molecule has 1 unspecified atom stereocenters. The molecule has 2 aliphatic heterocycles. The third-order valence-corrected chi connectivity index (χ3v) is 4.50. The highest BCUT2D eigenvalue weighted by Crippen LogP contribution is 2.40. The van der Waals surface area contributed by atoms with E-state index >= 15 is 0 Å². The second-order valence-electron chi connectivity index (χ2n) is 3.68. The van der Waals surface area contributed by atoms with Crippen LogP contribution in [-0.4, -0.2) is 28.4 Å². The first-order valence-corrected chi connectivity index (χ1v) is 6.76. The number of fused-ring (bicyclic) bond motifs is 1. The first kappa shape index (κ1) is 11.4. The molecule has 90 valence electrons. The number of carbonyl (C=O) groups is 2. The van der Waals surface area contributed by atoms with Crippen molar-refractivity contribution < 1.29 is 14.7 Å². The van der Waals surface area contributed by atoms with E-state index < -0.39 is 11.9 Å². The zero-order valence-corrected chi connectivity index (χ0v) is 10.5. The second-order valence-corrected chi connectivity index (χ2v) is 5.48. The lowest BCUT2D eigenvalue weighted by molar-refractivity contribution is -0.118. The van der Waals surface area contributed by atoms with Gasteiger partial charge in [-0.3, -0.25) is 4.79 Å². The molecule has 0 aliphatic carbocycles. The predicted molar refractivity (Wildman–Crippen MR) is 71.3 cm³/mol. The fraction of sp³-hybridized carbons (Fsp3) is 0.0909. The first-order valence-electron chi connectivity index (χ1n) is 5.00. The zero-order chi connectivity index (χ0) is 12.7. The summed E-state index contributed by atoms with van der Waals surface area (Å²) in [5.74, 6) is -1.67. The van der Waals surface area contributed by atoms with Gasteiger partial charge in [-0.05, 0) is 28.0 Å². The van der Waals surface area contributed by atoms with Crippen molar-refractivity contribution in [2.75, 3.05) is 0 Å². The smallest absolute Gasteiger partial charge is 0.345 e. The van der Waals surface area contributed by atoms with Gasteiger partial charge < -0.3 is 5.11 Å². The van der Waals surface area contributed by atoms with Crippen molar-refractivity contribution in [3.05, 3.63) is 27.3 Å². The van der Waals surface area contributed by atoms with Gasteiger partial charge in [-0.2, -0.15) is 0 Å². The second kappa shape index (κ2) is 4.18. The van der Waals surface area contributed by atoms with E-state index in [9.17, 15) is 9.59 Å². The maximum Gasteiger partial charge on any atom is 0.345 e. The third-order valence-electron chi connectivity index (χ3n) is 2.63. The Morgan fingerprint density at radius 3 is 3.00 bits per heavy atom. The van der Waals surface area contributed by atoms with Gasteiger partial charge in [0.2, 0.25) is 0 Å². The van der Waals surface area contributed by atoms with Crippen LogP contribution in [0.5, 0.6) is 0 Å². The summed E-state index contributed by atoms with van der Waals surface area (Å²) in [6.07, 6.45) is 1.26. The van der Waals surface area contributed by atoms with Crippen LogP contribution in [0.1, 0.15) is 15.2 Å². The maximum atomic E-state index is 11.8. The van der Waals surface area contributed by atoms with Crippen LogP contribution in [0.15, 0.2) is 26.8 Å². The Morgan fingerprint density at radius 2 is 2.28 bits per heavy atom. The number of carboxylic acid groups (broad SMARTS) is 1. The van der Waals surface area contributed by atoms with Gasteiger partial charge in [0, 0.05) is 0 Å². The molecular weight excluding hydrogens is 272 g/mol. The highest BCUT2D eigenvalue weighted by atomic mass is 32.2. The summed E-state index contributed by atoms with van der Waals surface area (Å²) in [6, 6.07) is 1.58. The van der Waals surface area contributed by atoms with Crippen molar-refractivity contribution >= 4 is 51.9 Å². The summed E-state index contributed by atoms with van der Waals surface area (Å²) >= 11 is 2.53. The van der Waals surface area contributed by atoms with Crippen LogP contribution in [0.3, 0.4) is 0 Å². The molecule has 3 heterocycles. The molecule has 1 amide bonds. The summed E-state index contributed by atoms with van der Waals surface area (Å²) in [5, 5.41) is 13.2. The number of hydrogen-bond donors (Lipinski definition) is 1. The lowest BCUT2D eigenvalue weighted by atomic mass is 9.95. The number of thiophene rings is 1. The standard InChI is InChI=1S/C11H6N2O3S2/c14-9-8-6(3-18-10(8)13-4-12-9)5-1-7(11(15)16)17-2-5/h1-4,8H,(H,15,16). The molecule has 3 rings (SSSR count). The molecule has 0 saturated carbocycles. The monoisotopic (exact) mass is 278 g/mol. The van der Waals surface area contributed by atoms with Crippen molar-refractivity contribution in [3.8, 4) is 0 Å². The Balaban J connectivity index is 1.98. The van der Waals surface area contributed by atoms with Gasteiger partial charge in [0.25, 0.3) is 5.91 Å². The molecule has 5 nitrogen and oxygen atoms in total. The van der Waals surface area contributed by atoms with Crippen LogP contribution in [-0.2, 0) is 4.79 Å². The van der Waals surface area contributed by atoms with Crippen LogP contribution in [0.25, 0.3) is 5.57 Å². The fourth-order valence-electron chi connectivity index (χ4n) is 1.79. The predicted octanol–water partition coefficient (Wildman–Crippen LogP) is 2.12. The lowest BCUT2D eigenvalue weighted by Crippen LogP contribution is -2.21. The summed E-state index contributed by atoms with van der Waals surface area (Å²) in [7, 11) is 0. The molecule has 0 radical (unpaired) electrons. The van der Waals surface area contributed by atoms with E-state index in [4.69, 9.17) is 5.11 Å². The average molecular weight is 278 g/mol. The molecule has 1 N–H and O–H groups in total. The van der Waals surface area contributed by atoms with E-state index in [1.165, 1.54) is 18.1 Å². The summed E-state index contributed by atoms with van der Waals surface area (Å²) in [6.45, 7) is 0. The Hall–Kier alpha value is -1.73. The van der Waals surface area contributed by atoms with Gasteiger partial charge in [0.1, 0.15) is 17.1 Å². The van der Waals surface area contributed by atoms with Gasteiger partial charge >= 0.3 is 5.97 Å². The number of aromatic carboxylic acids is 1. The minimum Gasteiger partial charge on any atom is -0.477 e. The van der Waals surface area contributed by atoms with Crippen molar-refractivity contribution in [1.29, 1.82) is 0 Å². The van der Waals surface area contributed by atoms with Crippen LogP contribution in [0, 0.1) is 5.92 Å². The summed E-state index contributed by atoms with van der Waals surface area (Å²) < 4.78 is 0. The number of hydrogen-bond acceptors (Lipinski definition) is 5. The van der Waals surface area contributed by atoms with E-state index in [-0.39, 0.29) is 10.8 Å². The molecule has 0 aromatic carbocycles. The minimum absolute atomic E-state index is 0.251. The van der Waals surface area contributed by atoms with Crippen LogP contribution in [0.4, 0.5) is 0 Å². The van der Waals surface area contributed by atoms with Crippen LogP contribution < -0.4 is 0 Å². The molecule has 0 spiro atoms. The molecule has 1 aromatic heterocycles. The SMILES string of the molecule is O=C(O)c1cc(C2=CSC3=NC=NC(=O)C23)cs1. The van der Waals surface area contributed by atoms with Crippen molar-refractivity contribution in [2.24, 2.45) is 15.9 Å². The van der Waals surface area contributed by atoms with Crippen LogP contribution in [0.2, 0.25) is 0 Å².